The number of amides is 3. The molecule has 2 aliphatic carbocycles. The van der Waals surface area contributed by atoms with Gasteiger partial charge in [-0.15, -0.1) is 0 Å². The summed E-state index contributed by atoms with van der Waals surface area (Å²) >= 11 is 0. The molecule has 3 amide bonds. The fourth-order valence-electron chi connectivity index (χ4n) is 7.95. The molecule has 3 aromatic carbocycles. The minimum Gasteiger partial charge on any atom is -0.349 e. The Hall–Kier alpha value is -4.89. The van der Waals surface area contributed by atoms with Crippen molar-refractivity contribution in [3.05, 3.63) is 83.2 Å². The van der Waals surface area contributed by atoms with E-state index in [1.165, 1.54) is 18.2 Å². The van der Waals surface area contributed by atoms with Crippen LogP contribution in [0, 0.1) is 18.8 Å². The van der Waals surface area contributed by atoms with Gasteiger partial charge in [0.25, 0.3) is 5.91 Å². The Bertz CT molecular complexity index is 2050. The molecule has 0 radical (unpaired) electrons. The maximum atomic E-state index is 14.0. The van der Waals surface area contributed by atoms with Crippen LogP contribution in [0.25, 0.3) is 22.2 Å². The van der Waals surface area contributed by atoms with E-state index in [0.29, 0.717) is 36.9 Å². The predicted octanol–water partition coefficient (Wildman–Crippen LogP) is 7.23. The molecule has 6 N–H and O–H groups in total. The van der Waals surface area contributed by atoms with Crippen molar-refractivity contribution < 1.29 is 36.3 Å². The van der Waals surface area contributed by atoms with E-state index in [0.717, 1.165) is 60.8 Å². The Kier molecular flexibility index (Phi) is 12.7. The zero-order valence-corrected chi connectivity index (χ0v) is 32.3. The monoisotopic (exact) mass is 795 g/mol. The molecule has 0 unspecified atom stereocenters. The Balaban J connectivity index is 1.15. The van der Waals surface area contributed by atoms with Gasteiger partial charge in [-0.2, -0.15) is 22.0 Å². The van der Waals surface area contributed by atoms with Crippen molar-refractivity contribution in [1.29, 1.82) is 0 Å². The Morgan fingerprint density at radius 1 is 0.895 bits per heavy atom. The number of aromatic nitrogens is 2. The van der Waals surface area contributed by atoms with Gasteiger partial charge in [0.05, 0.1) is 11.0 Å². The molecule has 2 fully saturated rings. The van der Waals surface area contributed by atoms with Crippen molar-refractivity contribution in [1.82, 2.24) is 25.5 Å². The normalized spacial score (nSPS) is 20.9. The number of anilines is 1. The van der Waals surface area contributed by atoms with Gasteiger partial charge in [-0.1, -0.05) is 30.3 Å². The van der Waals surface area contributed by atoms with Gasteiger partial charge in [-0.3, -0.25) is 14.4 Å². The molecule has 2 saturated carbocycles. The van der Waals surface area contributed by atoms with Crippen LogP contribution >= 0.6 is 0 Å². The summed E-state index contributed by atoms with van der Waals surface area (Å²) in [6.07, 6.45) is 1.11. The molecule has 10 nitrogen and oxygen atoms in total. The van der Waals surface area contributed by atoms with E-state index >= 15 is 0 Å². The van der Waals surface area contributed by atoms with E-state index in [1.54, 1.807) is 0 Å². The van der Waals surface area contributed by atoms with E-state index < -0.39 is 29.9 Å². The molecule has 306 valence electrons. The van der Waals surface area contributed by atoms with Crippen LogP contribution in [0.2, 0.25) is 0 Å². The van der Waals surface area contributed by atoms with Crippen LogP contribution in [-0.2, 0) is 21.9 Å². The van der Waals surface area contributed by atoms with Crippen molar-refractivity contribution in [2.24, 2.45) is 17.6 Å². The minimum atomic E-state index is -5.85. The van der Waals surface area contributed by atoms with E-state index in [9.17, 15) is 36.3 Å². The lowest BCUT2D eigenvalue weighted by atomic mass is 9.81. The highest BCUT2D eigenvalue weighted by molar-refractivity contribution is 5.99. The highest BCUT2D eigenvalue weighted by Gasteiger charge is 2.61. The van der Waals surface area contributed by atoms with Gasteiger partial charge < -0.3 is 31.6 Å². The van der Waals surface area contributed by atoms with Crippen molar-refractivity contribution in [3.63, 3.8) is 0 Å². The SMILES string of the molecule is Cc1cc(C(=O)N[C@H]2CC[C@H](N(C)C)CC2)ccc1-c1ccc(C[C@H](NC(=O)[C@H]2CC[C@H](CN)CC2)C(=O)Nc2ccc3[nH]c(C(F)(F)C(F)(F)F)nc3c2)cc1. The third-order valence-electron chi connectivity index (χ3n) is 11.5. The first-order valence-corrected chi connectivity index (χ1v) is 19.5. The molecule has 2 aliphatic rings. The first kappa shape index (κ1) is 41.7. The zero-order valence-electron chi connectivity index (χ0n) is 32.3. The van der Waals surface area contributed by atoms with Crippen molar-refractivity contribution in [3.8, 4) is 11.1 Å². The highest BCUT2D eigenvalue weighted by Crippen LogP contribution is 2.43. The zero-order chi connectivity index (χ0) is 41.1. The summed E-state index contributed by atoms with van der Waals surface area (Å²) in [5.41, 5.74) is 9.74. The molecule has 15 heteroatoms. The molecule has 4 aromatic rings. The van der Waals surface area contributed by atoms with Gasteiger partial charge >= 0.3 is 12.1 Å². The molecule has 1 atom stereocenters. The number of H-pyrrole nitrogens is 1. The number of hydrogen-bond acceptors (Lipinski definition) is 6. The molecule has 1 heterocycles. The molecule has 1 aromatic heterocycles. The maximum absolute atomic E-state index is 14.0. The topological polar surface area (TPSA) is 145 Å². The second-order valence-corrected chi connectivity index (χ2v) is 15.8. The van der Waals surface area contributed by atoms with Crippen molar-refractivity contribution >= 4 is 34.4 Å². The molecule has 0 spiro atoms. The summed E-state index contributed by atoms with van der Waals surface area (Å²) < 4.78 is 66.9. The number of nitrogens with one attached hydrogen (secondary N) is 4. The van der Waals surface area contributed by atoms with E-state index in [1.807, 2.05) is 54.4 Å². The van der Waals surface area contributed by atoms with Gasteiger partial charge in [0.1, 0.15) is 6.04 Å². The third-order valence-corrected chi connectivity index (χ3v) is 11.5. The number of halogens is 5. The van der Waals surface area contributed by atoms with Gasteiger partial charge in [-0.25, -0.2) is 4.98 Å². The summed E-state index contributed by atoms with van der Waals surface area (Å²) in [6.45, 7) is 2.49. The second-order valence-electron chi connectivity index (χ2n) is 15.8. The molecular formula is C42H50F5N7O3. The molecule has 0 bridgehead atoms. The van der Waals surface area contributed by atoms with E-state index in [2.05, 4.69) is 39.9 Å². The summed E-state index contributed by atoms with van der Waals surface area (Å²) in [4.78, 5) is 48.1. The van der Waals surface area contributed by atoms with Crippen LogP contribution in [0.4, 0.5) is 27.6 Å². The molecule has 57 heavy (non-hydrogen) atoms. The summed E-state index contributed by atoms with van der Waals surface area (Å²) in [6, 6.07) is 16.6. The van der Waals surface area contributed by atoms with Crippen LogP contribution in [-0.4, -0.2) is 77.5 Å². The number of fused-ring (bicyclic) bond motifs is 1. The van der Waals surface area contributed by atoms with Crippen LogP contribution in [0.3, 0.4) is 0 Å². The summed E-state index contributed by atoms with van der Waals surface area (Å²) in [7, 11) is 4.17. The molecular weight excluding hydrogens is 745 g/mol. The number of carbonyl (C=O) groups is 3. The van der Waals surface area contributed by atoms with Crippen LogP contribution in [0.15, 0.2) is 60.7 Å². The van der Waals surface area contributed by atoms with Crippen LogP contribution < -0.4 is 21.7 Å². The van der Waals surface area contributed by atoms with Gasteiger partial charge in [-0.05, 0) is 137 Å². The Morgan fingerprint density at radius 3 is 2.19 bits per heavy atom. The Morgan fingerprint density at radius 2 is 1.58 bits per heavy atom. The number of alkyl halides is 5. The number of benzene rings is 3. The standard InChI is InChI=1S/C42H50F5N7O3/c1-24-20-29(38(56)49-30-13-16-32(17-14-30)54(2)3)12-18-33(24)27-8-4-25(5-9-27)21-36(51-37(55)28-10-6-26(23-48)7-11-28)39(57)50-31-15-19-34-35(22-31)53-40(52-34)41(43,44)42(45,46)47/h4-5,8-9,12,15,18-20,22,26,28,30,32,36H,6-7,10-11,13-14,16-17,21,23,48H2,1-3H3,(H,49,56)(H,50,57)(H,51,55)(H,52,53)/t26-,28-,30-,32-,36-/m0/s1. The molecule has 0 aliphatic heterocycles. The second kappa shape index (κ2) is 17.3. The number of rotatable bonds is 12. The van der Waals surface area contributed by atoms with Gasteiger partial charge in [0.15, 0.2) is 5.82 Å². The fourth-order valence-corrected chi connectivity index (χ4v) is 7.95. The summed E-state index contributed by atoms with van der Waals surface area (Å²) in [5.74, 6) is -7.69. The average Bonchev–Trinajstić information content (AvgIpc) is 3.62. The van der Waals surface area contributed by atoms with E-state index in [-0.39, 0.29) is 46.9 Å². The molecule has 0 saturated heterocycles. The highest BCUT2D eigenvalue weighted by atomic mass is 19.4. The number of carbonyl (C=O) groups excluding carboxylic acids is 3. The third kappa shape index (κ3) is 9.81. The first-order chi connectivity index (χ1) is 27.0. The number of hydrogen-bond donors (Lipinski definition) is 5. The summed E-state index contributed by atoms with van der Waals surface area (Å²) in [5, 5.41) is 8.78. The number of aromatic amines is 1. The average molecular weight is 796 g/mol. The minimum absolute atomic E-state index is 0.0732. The van der Waals surface area contributed by atoms with Gasteiger partial charge in [0.2, 0.25) is 11.8 Å². The number of imidazole rings is 1. The lowest BCUT2D eigenvalue weighted by molar-refractivity contribution is -0.292. The van der Waals surface area contributed by atoms with Gasteiger partial charge in [0, 0.05) is 35.7 Å². The first-order valence-electron chi connectivity index (χ1n) is 19.5. The number of nitrogens with zero attached hydrogens (tertiary/aromatic N) is 2. The quantitative estimate of drug-likeness (QED) is 0.0958. The van der Waals surface area contributed by atoms with Crippen LogP contribution in [0.1, 0.15) is 78.7 Å². The smallest absolute Gasteiger partial charge is 0.349 e. The number of nitrogens with two attached hydrogens (primary N) is 1. The predicted molar refractivity (Wildman–Crippen MR) is 209 cm³/mol. The van der Waals surface area contributed by atoms with E-state index in [4.69, 9.17) is 5.73 Å². The van der Waals surface area contributed by atoms with Crippen LogP contribution in [0.5, 0.6) is 0 Å². The lowest BCUT2D eigenvalue weighted by Gasteiger charge is -2.33. The molecule has 6 rings (SSSR count). The largest absolute Gasteiger partial charge is 0.461 e. The fraction of sp³-hybridized carbons (Fsp3) is 0.476. The Labute approximate surface area is 328 Å². The van der Waals surface area contributed by atoms with Crippen molar-refractivity contribution in [2.45, 2.75) is 94.9 Å². The maximum Gasteiger partial charge on any atom is 0.461 e. The number of aryl methyl sites for hydroxylation is 1. The lowest BCUT2D eigenvalue weighted by Crippen LogP contribution is -2.48. The van der Waals surface area contributed by atoms with Crippen molar-refractivity contribution in [2.75, 3.05) is 26.0 Å².